The van der Waals surface area contributed by atoms with Crippen LogP contribution in [0.15, 0.2) is 21.6 Å². The number of carbonyl (C=O) groups excluding carboxylic acids is 1. The highest BCUT2D eigenvalue weighted by Crippen LogP contribution is 2.65. The number of nitrogens with one attached hydrogen (secondary N) is 2. The number of sulfonamides is 1. The number of rotatable bonds is 5. The molecule has 1 amide bonds. The lowest BCUT2D eigenvalue weighted by Gasteiger charge is -2.39. The Hall–Kier alpha value is -1.34. The summed E-state index contributed by atoms with van der Waals surface area (Å²) >= 11 is 0. The molecule has 1 aromatic rings. The minimum absolute atomic E-state index is 0.00333. The van der Waals surface area contributed by atoms with Crippen molar-refractivity contribution in [2.45, 2.75) is 70.1 Å². The Kier molecular flexibility index (Phi) is 3.64. The summed E-state index contributed by atoms with van der Waals surface area (Å²) in [6.07, 6.45) is 5.00. The third-order valence-electron chi connectivity index (χ3n) is 7.07. The van der Waals surface area contributed by atoms with Gasteiger partial charge in [0, 0.05) is 12.1 Å². The lowest BCUT2D eigenvalue weighted by molar-refractivity contribution is 0.0796. The zero-order valence-corrected chi connectivity index (χ0v) is 15.8. The molecule has 1 heterocycles. The molecule has 2 bridgehead atoms. The largest absolute Gasteiger partial charge is 0.438 e. The van der Waals surface area contributed by atoms with Gasteiger partial charge in [0.1, 0.15) is 0 Å². The molecular weight excluding hydrogens is 340 g/mol. The van der Waals surface area contributed by atoms with Crippen molar-refractivity contribution in [3.8, 4) is 0 Å². The van der Waals surface area contributed by atoms with Gasteiger partial charge in [0.2, 0.25) is 5.09 Å². The molecular formula is C18H26N2O4S. The van der Waals surface area contributed by atoms with E-state index in [1.807, 2.05) is 0 Å². The molecule has 1 aromatic heterocycles. The Morgan fingerprint density at radius 3 is 2.48 bits per heavy atom. The number of fused-ring (bicyclic) bond motifs is 2. The third-order valence-corrected chi connectivity index (χ3v) is 8.46. The number of hydrogen-bond donors (Lipinski definition) is 2. The molecule has 0 aromatic carbocycles. The average Bonchev–Trinajstić information content (AvgIpc) is 3.06. The summed E-state index contributed by atoms with van der Waals surface area (Å²) in [4.78, 5) is 12.6. The van der Waals surface area contributed by atoms with E-state index in [2.05, 4.69) is 30.8 Å². The normalized spacial score (nSPS) is 33.6. The quantitative estimate of drug-likeness (QED) is 0.838. The van der Waals surface area contributed by atoms with Crippen LogP contribution < -0.4 is 10.0 Å². The summed E-state index contributed by atoms with van der Waals surface area (Å²) in [5.74, 6) is 0.348. The predicted molar refractivity (Wildman–Crippen MR) is 92.5 cm³/mol. The van der Waals surface area contributed by atoms with Crippen LogP contribution >= 0.6 is 0 Å². The highest BCUT2D eigenvalue weighted by Gasteiger charge is 2.61. The summed E-state index contributed by atoms with van der Waals surface area (Å²) in [6, 6.07) is 2.90. The summed E-state index contributed by atoms with van der Waals surface area (Å²) in [6.45, 7) is 6.83. The number of furan rings is 1. The first-order chi connectivity index (χ1) is 11.6. The van der Waals surface area contributed by atoms with Crippen LogP contribution in [0.2, 0.25) is 0 Å². The first-order valence-corrected chi connectivity index (χ1v) is 10.5. The highest BCUT2D eigenvalue weighted by molar-refractivity contribution is 7.89. The second kappa shape index (κ2) is 5.33. The molecule has 3 aliphatic rings. The van der Waals surface area contributed by atoms with Gasteiger partial charge in [-0.15, -0.1) is 0 Å². The smallest absolute Gasteiger partial charge is 0.287 e. The van der Waals surface area contributed by atoms with Crippen LogP contribution in [0.5, 0.6) is 0 Å². The maximum Gasteiger partial charge on any atom is 0.287 e. The van der Waals surface area contributed by atoms with E-state index in [1.54, 1.807) is 0 Å². The third kappa shape index (κ3) is 2.63. The molecule has 3 atom stereocenters. The molecule has 138 valence electrons. The van der Waals surface area contributed by atoms with E-state index >= 15 is 0 Å². The fourth-order valence-corrected chi connectivity index (χ4v) is 5.95. The van der Waals surface area contributed by atoms with Crippen molar-refractivity contribution in [3.05, 3.63) is 17.9 Å². The first kappa shape index (κ1) is 17.1. The fourth-order valence-electron chi connectivity index (χ4n) is 4.72. The average molecular weight is 366 g/mol. The van der Waals surface area contributed by atoms with E-state index in [1.165, 1.54) is 18.6 Å². The number of hydrogen-bond acceptors (Lipinski definition) is 4. The summed E-state index contributed by atoms with van der Waals surface area (Å²) in [7, 11) is -3.67. The Morgan fingerprint density at radius 2 is 1.92 bits per heavy atom. The van der Waals surface area contributed by atoms with Gasteiger partial charge < -0.3 is 9.73 Å². The second-order valence-electron chi connectivity index (χ2n) is 8.65. The molecule has 3 saturated carbocycles. The van der Waals surface area contributed by atoms with Gasteiger partial charge in [-0.25, -0.2) is 13.1 Å². The van der Waals surface area contributed by atoms with Crippen LogP contribution in [0.1, 0.15) is 63.4 Å². The Labute approximate surface area is 148 Å². The molecule has 6 nitrogen and oxygen atoms in total. The van der Waals surface area contributed by atoms with Crippen LogP contribution in [-0.4, -0.2) is 26.4 Å². The van der Waals surface area contributed by atoms with Crippen LogP contribution in [0.4, 0.5) is 0 Å². The molecule has 3 aliphatic carbocycles. The van der Waals surface area contributed by atoms with Crippen molar-refractivity contribution in [1.29, 1.82) is 0 Å². The molecule has 2 N–H and O–H groups in total. The molecule has 25 heavy (non-hydrogen) atoms. The van der Waals surface area contributed by atoms with Gasteiger partial charge in [0.25, 0.3) is 15.9 Å². The van der Waals surface area contributed by atoms with Gasteiger partial charge in [-0.2, -0.15) is 0 Å². The van der Waals surface area contributed by atoms with E-state index in [0.717, 1.165) is 25.7 Å². The molecule has 4 rings (SSSR count). The standard InChI is InChI=1S/C18H26N2O4S/c1-17(2)11-8-9-18(17,3)14(10-11)19-16(21)13-6-7-15(24-13)25(22,23)20-12-4-5-12/h6-7,11-12,14,20H,4-5,8-10H2,1-3H3,(H,19,21). The monoisotopic (exact) mass is 366 g/mol. The van der Waals surface area contributed by atoms with Gasteiger partial charge in [-0.05, 0) is 61.0 Å². The molecule has 0 radical (unpaired) electrons. The van der Waals surface area contributed by atoms with Crippen LogP contribution in [0.25, 0.3) is 0 Å². The number of amides is 1. The fraction of sp³-hybridized carbons (Fsp3) is 0.722. The van der Waals surface area contributed by atoms with Crippen LogP contribution in [0, 0.1) is 16.7 Å². The minimum Gasteiger partial charge on any atom is -0.438 e. The highest BCUT2D eigenvalue weighted by atomic mass is 32.2. The van der Waals surface area contributed by atoms with Crippen molar-refractivity contribution < 1.29 is 17.6 Å². The summed E-state index contributed by atoms with van der Waals surface area (Å²) in [5, 5.41) is 2.90. The second-order valence-corrected chi connectivity index (χ2v) is 10.3. The van der Waals surface area contributed by atoms with Crippen LogP contribution in [-0.2, 0) is 10.0 Å². The molecule has 3 unspecified atom stereocenters. The first-order valence-electron chi connectivity index (χ1n) is 9.06. The Balaban J connectivity index is 1.48. The maximum absolute atomic E-state index is 12.6. The van der Waals surface area contributed by atoms with Crippen molar-refractivity contribution >= 4 is 15.9 Å². The Morgan fingerprint density at radius 1 is 1.20 bits per heavy atom. The minimum atomic E-state index is -3.67. The van der Waals surface area contributed by atoms with E-state index in [9.17, 15) is 13.2 Å². The summed E-state index contributed by atoms with van der Waals surface area (Å²) < 4.78 is 32.2. The Bertz CT molecular complexity index is 809. The van der Waals surface area contributed by atoms with Crippen molar-refractivity contribution in [3.63, 3.8) is 0 Å². The van der Waals surface area contributed by atoms with Crippen molar-refractivity contribution in [2.75, 3.05) is 0 Å². The zero-order valence-electron chi connectivity index (χ0n) is 15.0. The van der Waals surface area contributed by atoms with Gasteiger partial charge in [0.15, 0.2) is 5.76 Å². The molecule has 3 fully saturated rings. The van der Waals surface area contributed by atoms with E-state index in [0.29, 0.717) is 5.92 Å². The van der Waals surface area contributed by atoms with Gasteiger partial charge in [-0.3, -0.25) is 4.79 Å². The van der Waals surface area contributed by atoms with Gasteiger partial charge in [-0.1, -0.05) is 20.8 Å². The molecule has 0 saturated heterocycles. The lowest BCUT2D eigenvalue weighted by atomic mass is 9.69. The van der Waals surface area contributed by atoms with Gasteiger partial charge >= 0.3 is 0 Å². The predicted octanol–water partition coefficient (Wildman–Crippen LogP) is 2.66. The van der Waals surface area contributed by atoms with Gasteiger partial charge in [0.05, 0.1) is 0 Å². The zero-order chi connectivity index (χ0) is 18.0. The molecule has 7 heteroatoms. The molecule has 0 spiro atoms. The van der Waals surface area contributed by atoms with Crippen molar-refractivity contribution in [1.82, 2.24) is 10.0 Å². The topological polar surface area (TPSA) is 88.4 Å². The lowest BCUT2D eigenvalue weighted by Crippen LogP contribution is -2.46. The maximum atomic E-state index is 12.6. The van der Waals surface area contributed by atoms with E-state index in [-0.39, 0.29) is 39.7 Å². The van der Waals surface area contributed by atoms with Crippen molar-refractivity contribution in [2.24, 2.45) is 16.7 Å². The van der Waals surface area contributed by atoms with E-state index < -0.39 is 10.0 Å². The van der Waals surface area contributed by atoms with Crippen LogP contribution in [0.3, 0.4) is 0 Å². The number of carbonyl (C=O) groups is 1. The SMILES string of the molecule is CC1(C)C2CCC1(C)C(NC(=O)c1ccc(S(=O)(=O)NC3CC3)o1)C2. The summed E-state index contributed by atoms with van der Waals surface area (Å²) in [5.41, 5.74) is 0.277. The molecule has 0 aliphatic heterocycles. The van der Waals surface area contributed by atoms with E-state index in [4.69, 9.17) is 4.42 Å².